The van der Waals surface area contributed by atoms with Crippen molar-refractivity contribution in [3.63, 3.8) is 0 Å². The zero-order chi connectivity index (χ0) is 16.6. The van der Waals surface area contributed by atoms with Crippen LogP contribution in [0.25, 0.3) is 0 Å². The van der Waals surface area contributed by atoms with Crippen LogP contribution in [0.3, 0.4) is 0 Å². The van der Waals surface area contributed by atoms with E-state index >= 15 is 0 Å². The monoisotopic (exact) mass is 350 g/mol. The van der Waals surface area contributed by atoms with Gasteiger partial charge in [0.05, 0.1) is 19.4 Å². The summed E-state index contributed by atoms with van der Waals surface area (Å²) in [6, 6.07) is 0. The molecule has 1 amide bonds. The molecular weight excluding hydrogens is 331 g/mol. The maximum Gasteiger partial charge on any atom is 0.407 e. The van der Waals surface area contributed by atoms with E-state index in [0.29, 0.717) is 37.1 Å². The number of hydrogen-bond donors (Lipinski definition) is 2. The van der Waals surface area contributed by atoms with Gasteiger partial charge in [-0.05, 0) is 32.4 Å². The predicted molar refractivity (Wildman–Crippen MR) is 85.6 cm³/mol. The van der Waals surface area contributed by atoms with E-state index in [1.165, 1.54) is 6.20 Å². The van der Waals surface area contributed by atoms with Crippen LogP contribution in [0.2, 0.25) is 10.3 Å². The summed E-state index contributed by atoms with van der Waals surface area (Å²) in [6.45, 7) is 7.08. The molecule has 0 atom stereocenters. The fourth-order valence-electron chi connectivity index (χ4n) is 1.35. The highest BCUT2D eigenvalue weighted by molar-refractivity contribution is 6.33. The summed E-state index contributed by atoms with van der Waals surface area (Å²) in [5.74, 6) is 0.456. The molecule has 7 nitrogen and oxygen atoms in total. The SMILES string of the molecule is CC(C)(C)OC(=O)NCCOCCNc1nc(Cl)ncc1Cl. The van der Waals surface area contributed by atoms with Crippen molar-refractivity contribution in [3.05, 3.63) is 16.5 Å². The van der Waals surface area contributed by atoms with Crippen molar-refractivity contribution in [1.82, 2.24) is 15.3 Å². The Kier molecular flexibility index (Phi) is 7.64. The van der Waals surface area contributed by atoms with Gasteiger partial charge in [-0.15, -0.1) is 0 Å². The van der Waals surface area contributed by atoms with Crippen molar-refractivity contribution in [2.24, 2.45) is 0 Å². The maximum atomic E-state index is 11.4. The van der Waals surface area contributed by atoms with E-state index in [1.54, 1.807) is 20.8 Å². The average Bonchev–Trinajstić information content (AvgIpc) is 2.39. The van der Waals surface area contributed by atoms with Crippen molar-refractivity contribution < 1.29 is 14.3 Å². The van der Waals surface area contributed by atoms with E-state index in [-0.39, 0.29) is 5.28 Å². The number of hydrogen-bond acceptors (Lipinski definition) is 6. The van der Waals surface area contributed by atoms with Gasteiger partial charge in [0.15, 0.2) is 0 Å². The van der Waals surface area contributed by atoms with Gasteiger partial charge in [0.2, 0.25) is 5.28 Å². The van der Waals surface area contributed by atoms with E-state index in [2.05, 4.69) is 20.6 Å². The highest BCUT2D eigenvalue weighted by atomic mass is 35.5. The van der Waals surface area contributed by atoms with E-state index in [9.17, 15) is 4.79 Å². The van der Waals surface area contributed by atoms with Crippen LogP contribution < -0.4 is 10.6 Å². The molecule has 0 aliphatic carbocycles. The van der Waals surface area contributed by atoms with Crippen LogP contribution in [-0.4, -0.2) is 48.0 Å². The van der Waals surface area contributed by atoms with E-state index in [1.807, 2.05) is 0 Å². The van der Waals surface area contributed by atoms with E-state index < -0.39 is 11.7 Å². The largest absolute Gasteiger partial charge is 0.444 e. The number of alkyl carbamates (subject to hydrolysis) is 1. The molecule has 0 radical (unpaired) electrons. The highest BCUT2D eigenvalue weighted by Crippen LogP contribution is 2.18. The second-order valence-electron chi connectivity index (χ2n) is 5.30. The van der Waals surface area contributed by atoms with Crippen molar-refractivity contribution in [1.29, 1.82) is 0 Å². The molecule has 1 heterocycles. The van der Waals surface area contributed by atoms with Crippen LogP contribution in [0.5, 0.6) is 0 Å². The lowest BCUT2D eigenvalue weighted by atomic mass is 10.2. The molecular formula is C13H20Cl2N4O3. The molecule has 2 N–H and O–H groups in total. The average molecular weight is 351 g/mol. The summed E-state index contributed by atoms with van der Waals surface area (Å²) in [5.41, 5.74) is -0.507. The summed E-state index contributed by atoms with van der Waals surface area (Å²) in [7, 11) is 0. The van der Waals surface area contributed by atoms with Crippen LogP contribution in [0.4, 0.5) is 10.6 Å². The van der Waals surface area contributed by atoms with Gasteiger partial charge in [0.1, 0.15) is 16.4 Å². The summed E-state index contributed by atoms with van der Waals surface area (Å²) in [6.07, 6.45) is 0.960. The normalized spacial score (nSPS) is 11.1. The Bertz CT molecular complexity index is 495. The molecule has 0 saturated heterocycles. The summed E-state index contributed by atoms with van der Waals surface area (Å²) in [5, 5.41) is 6.08. The molecule has 0 aliphatic rings. The zero-order valence-corrected chi connectivity index (χ0v) is 14.3. The molecule has 1 aromatic heterocycles. The van der Waals surface area contributed by atoms with E-state index in [4.69, 9.17) is 32.7 Å². The van der Waals surface area contributed by atoms with Gasteiger partial charge in [0.25, 0.3) is 0 Å². The molecule has 1 aromatic rings. The fraction of sp³-hybridized carbons (Fsp3) is 0.615. The Morgan fingerprint density at radius 1 is 1.27 bits per heavy atom. The summed E-state index contributed by atoms with van der Waals surface area (Å²) >= 11 is 11.6. The van der Waals surface area contributed by atoms with Gasteiger partial charge in [-0.1, -0.05) is 11.6 Å². The lowest BCUT2D eigenvalue weighted by Gasteiger charge is -2.19. The number of nitrogens with zero attached hydrogens (tertiary/aromatic N) is 2. The first-order valence-corrected chi connectivity index (χ1v) is 7.50. The minimum Gasteiger partial charge on any atom is -0.444 e. The molecule has 22 heavy (non-hydrogen) atoms. The number of amides is 1. The smallest absolute Gasteiger partial charge is 0.407 e. The van der Waals surface area contributed by atoms with Gasteiger partial charge in [-0.3, -0.25) is 0 Å². The Balaban J connectivity index is 2.09. The predicted octanol–water partition coefficient (Wildman–Crippen LogP) is 2.74. The molecule has 0 fully saturated rings. The van der Waals surface area contributed by atoms with Gasteiger partial charge >= 0.3 is 6.09 Å². The number of carbonyl (C=O) groups is 1. The molecule has 1 rings (SSSR count). The number of aromatic nitrogens is 2. The number of rotatable bonds is 7. The minimum absolute atomic E-state index is 0.120. The first-order chi connectivity index (χ1) is 10.3. The van der Waals surface area contributed by atoms with Crippen molar-refractivity contribution in [2.45, 2.75) is 26.4 Å². The number of nitrogens with one attached hydrogen (secondary N) is 2. The quantitative estimate of drug-likeness (QED) is 0.580. The summed E-state index contributed by atoms with van der Waals surface area (Å²) < 4.78 is 10.4. The van der Waals surface area contributed by atoms with Crippen molar-refractivity contribution in [2.75, 3.05) is 31.6 Å². The zero-order valence-electron chi connectivity index (χ0n) is 12.8. The third-order valence-corrected chi connectivity index (χ3v) is 2.63. The number of halogens is 2. The Morgan fingerprint density at radius 2 is 1.95 bits per heavy atom. The van der Waals surface area contributed by atoms with Crippen LogP contribution in [0.1, 0.15) is 20.8 Å². The molecule has 0 spiro atoms. The van der Waals surface area contributed by atoms with Gasteiger partial charge < -0.3 is 20.1 Å². The maximum absolute atomic E-state index is 11.4. The molecule has 0 saturated carbocycles. The first-order valence-electron chi connectivity index (χ1n) is 6.74. The molecule has 124 valence electrons. The molecule has 0 unspecified atom stereocenters. The van der Waals surface area contributed by atoms with Crippen LogP contribution in [0, 0.1) is 0 Å². The highest BCUT2D eigenvalue weighted by Gasteiger charge is 2.15. The molecule has 9 heteroatoms. The molecule has 0 aliphatic heterocycles. The Labute approximate surface area is 139 Å². The lowest BCUT2D eigenvalue weighted by molar-refractivity contribution is 0.0502. The van der Waals surface area contributed by atoms with Gasteiger partial charge in [-0.25, -0.2) is 9.78 Å². The standard InChI is InChI=1S/C13H20Cl2N4O3/c1-13(2,3)22-12(20)17-5-7-21-6-4-16-10-9(14)8-18-11(15)19-10/h8H,4-7H2,1-3H3,(H,17,20)(H,16,18,19). The lowest BCUT2D eigenvalue weighted by Crippen LogP contribution is -2.34. The second kappa shape index (κ2) is 8.97. The number of ether oxygens (including phenoxy) is 2. The topological polar surface area (TPSA) is 85.4 Å². The number of anilines is 1. The van der Waals surface area contributed by atoms with Crippen LogP contribution >= 0.6 is 23.2 Å². The van der Waals surface area contributed by atoms with Gasteiger partial charge in [-0.2, -0.15) is 4.98 Å². The van der Waals surface area contributed by atoms with Crippen molar-refractivity contribution >= 4 is 35.1 Å². The molecule has 0 bridgehead atoms. The van der Waals surface area contributed by atoms with Crippen LogP contribution in [0.15, 0.2) is 6.20 Å². The fourth-order valence-corrected chi connectivity index (χ4v) is 1.64. The number of carbonyl (C=O) groups excluding carboxylic acids is 1. The second-order valence-corrected chi connectivity index (χ2v) is 6.05. The third kappa shape index (κ3) is 8.21. The van der Waals surface area contributed by atoms with Crippen LogP contribution in [-0.2, 0) is 9.47 Å². The Morgan fingerprint density at radius 3 is 2.64 bits per heavy atom. The first kappa shape index (κ1) is 18.7. The third-order valence-electron chi connectivity index (χ3n) is 2.17. The Hall–Kier alpha value is -1.31. The van der Waals surface area contributed by atoms with Crippen molar-refractivity contribution in [3.8, 4) is 0 Å². The minimum atomic E-state index is -0.507. The van der Waals surface area contributed by atoms with E-state index in [0.717, 1.165) is 0 Å². The summed E-state index contributed by atoms with van der Waals surface area (Å²) in [4.78, 5) is 19.1. The molecule has 0 aromatic carbocycles. The van der Waals surface area contributed by atoms with Gasteiger partial charge in [0, 0.05) is 13.1 Å².